The van der Waals surface area contributed by atoms with E-state index in [-0.39, 0.29) is 5.91 Å². The lowest BCUT2D eigenvalue weighted by molar-refractivity contribution is 0.0955. The van der Waals surface area contributed by atoms with Gasteiger partial charge in [0.2, 0.25) is 0 Å². The molecule has 2 aromatic rings. The van der Waals surface area contributed by atoms with Gasteiger partial charge in [-0.05, 0) is 42.3 Å². The number of hydrogen-bond acceptors (Lipinski definition) is 4. The lowest BCUT2D eigenvalue weighted by Crippen LogP contribution is -2.17. The minimum absolute atomic E-state index is 0.253. The van der Waals surface area contributed by atoms with Crippen LogP contribution in [0.15, 0.2) is 53.6 Å². The smallest absolute Gasteiger partial charge is 0.271 e. The number of rotatable bonds is 7. The number of methoxy groups -OCH3 is 1. The molecule has 0 aliphatic heterocycles. The lowest BCUT2D eigenvalue weighted by atomic mass is 10.2. The Labute approximate surface area is 135 Å². The largest absolute Gasteiger partial charge is 0.493 e. The van der Waals surface area contributed by atoms with Crippen molar-refractivity contribution >= 4 is 12.1 Å². The Morgan fingerprint density at radius 2 is 1.96 bits per heavy atom. The van der Waals surface area contributed by atoms with Gasteiger partial charge in [0.1, 0.15) is 0 Å². The second-order valence-corrected chi connectivity index (χ2v) is 4.82. The lowest BCUT2D eigenvalue weighted by Gasteiger charge is -2.10. The molecule has 1 amide bonds. The molecular weight excluding hydrogens is 292 g/mol. The molecule has 0 aliphatic carbocycles. The number of ether oxygens (including phenoxy) is 2. The van der Waals surface area contributed by atoms with Crippen molar-refractivity contribution in [1.29, 1.82) is 0 Å². The number of hydrogen-bond donors (Lipinski definition) is 1. The molecule has 2 rings (SSSR count). The molecule has 0 atom stereocenters. The summed E-state index contributed by atoms with van der Waals surface area (Å²) in [5.74, 6) is 1.08. The van der Waals surface area contributed by atoms with E-state index in [9.17, 15) is 4.79 Å². The molecule has 120 valence electrons. The summed E-state index contributed by atoms with van der Waals surface area (Å²) >= 11 is 0. The zero-order valence-electron chi connectivity index (χ0n) is 13.3. The van der Waals surface area contributed by atoms with Gasteiger partial charge in [-0.3, -0.25) is 4.79 Å². The topological polar surface area (TPSA) is 59.9 Å². The second kappa shape index (κ2) is 8.58. The van der Waals surface area contributed by atoms with E-state index < -0.39 is 0 Å². The number of nitrogens with one attached hydrogen (secondary N) is 1. The summed E-state index contributed by atoms with van der Waals surface area (Å²) in [6, 6.07) is 14.4. The number of nitrogens with zero attached hydrogens (tertiary/aromatic N) is 1. The van der Waals surface area contributed by atoms with E-state index in [1.54, 1.807) is 37.6 Å². The van der Waals surface area contributed by atoms with Gasteiger partial charge in [0.15, 0.2) is 11.5 Å². The second-order valence-electron chi connectivity index (χ2n) is 4.82. The first-order chi connectivity index (χ1) is 11.2. The van der Waals surface area contributed by atoms with Gasteiger partial charge in [0.05, 0.1) is 19.9 Å². The van der Waals surface area contributed by atoms with Crippen LogP contribution in [0.1, 0.15) is 29.3 Å². The monoisotopic (exact) mass is 312 g/mol. The van der Waals surface area contributed by atoms with Crippen LogP contribution in [0.2, 0.25) is 0 Å². The van der Waals surface area contributed by atoms with E-state index in [0.717, 1.165) is 12.0 Å². The van der Waals surface area contributed by atoms with E-state index in [2.05, 4.69) is 10.5 Å². The fraction of sp³-hybridized carbons (Fsp3) is 0.222. The third kappa shape index (κ3) is 4.85. The number of benzene rings is 2. The standard InChI is InChI=1S/C18H20N2O3/c1-3-11-23-16-10-9-14(12-17(16)22-2)13-19-20-18(21)15-7-5-4-6-8-15/h4-10,12-13H,3,11H2,1-2H3,(H,20,21)/b19-13-. The van der Waals surface area contributed by atoms with Gasteiger partial charge in [-0.15, -0.1) is 0 Å². The Morgan fingerprint density at radius 1 is 1.17 bits per heavy atom. The average molecular weight is 312 g/mol. The molecule has 5 nitrogen and oxygen atoms in total. The molecule has 0 fully saturated rings. The first-order valence-corrected chi connectivity index (χ1v) is 7.44. The predicted molar refractivity (Wildman–Crippen MR) is 90.3 cm³/mol. The minimum Gasteiger partial charge on any atom is -0.493 e. The normalized spacial score (nSPS) is 10.5. The summed E-state index contributed by atoms with van der Waals surface area (Å²) in [6.07, 6.45) is 2.49. The quantitative estimate of drug-likeness (QED) is 0.630. The van der Waals surface area contributed by atoms with Crippen molar-refractivity contribution in [3.05, 3.63) is 59.7 Å². The third-order valence-corrected chi connectivity index (χ3v) is 3.07. The summed E-state index contributed by atoms with van der Waals surface area (Å²) in [4.78, 5) is 11.9. The molecule has 0 saturated heterocycles. The van der Waals surface area contributed by atoms with Crippen molar-refractivity contribution in [3.8, 4) is 11.5 Å². The van der Waals surface area contributed by atoms with Crippen LogP contribution in [0.25, 0.3) is 0 Å². The van der Waals surface area contributed by atoms with Crippen molar-refractivity contribution in [2.45, 2.75) is 13.3 Å². The van der Waals surface area contributed by atoms with Crippen LogP contribution in [0.5, 0.6) is 11.5 Å². The van der Waals surface area contributed by atoms with Crippen molar-refractivity contribution < 1.29 is 14.3 Å². The molecule has 0 spiro atoms. The molecule has 0 radical (unpaired) electrons. The fourth-order valence-electron chi connectivity index (χ4n) is 1.92. The fourth-order valence-corrected chi connectivity index (χ4v) is 1.92. The number of hydrazone groups is 1. The first-order valence-electron chi connectivity index (χ1n) is 7.44. The highest BCUT2D eigenvalue weighted by Gasteiger charge is 2.05. The van der Waals surface area contributed by atoms with Crippen molar-refractivity contribution in [2.24, 2.45) is 5.10 Å². The van der Waals surface area contributed by atoms with Crippen LogP contribution in [0.4, 0.5) is 0 Å². The maximum Gasteiger partial charge on any atom is 0.271 e. The van der Waals surface area contributed by atoms with Crippen LogP contribution in [-0.4, -0.2) is 25.8 Å². The third-order valence-electron chi connectivity index (χ3n) is 3.07. The number of carbonyl (C=O) groups excluding carboxylic acids is 1. The molecule has 0 bridgehead atoms. The van der Waals surface area contributed by atoms with Gasteiger partial charge in [-0.1, -0.05) is 25.1 Å². The van der Waals surface area contributed by atoms with Gasteiger partial charge in [-0.25, -0.2) is 5.43 Å². The van der Waals surface area contributed by atoms with Gasteiger partial charge in [0, 0.05) is 5.56 Å². The highest BCUT2D eigenvalue weighted by molar-refractivity contribution is 5.94. The number of carbonyl (C=O) groups is 1. The molecule has 1 N–H and O–H groups in total. The van der Waals surface area contributed by atoms with Crippen molar-refractivity contribution in [3.63, 3.8) is 0 Å². The minimum atomic E-state index is -0.253. The van der Waals surface area contributed by atoms with E-state index in [1.807, 2.05) is 31.2 Å². The molecule has 2 aromatic carbocycles. The Kier molecular flexibility index (Phi) is 6.17. The SMILES string of the molecule is CCCOc1ccc(/C=N\NC(=O)c2ccccc2)cc1OC. The first kappa shape index (κ1) is 16.5. The molecule has 5 heteroatoms. The Morgan fingerprint density at radius 3 is 2.65 bits per heavy atom. The van der Waals surface area contributed by atoms with Crippen molar-refractivity contribution in [1.82, 2.24) is 5.43 Å². The Balaban J connectivity index is 2.00. The highest BCUT2D eigenvalue weighted by Crippen LogP contribution is 2.27. The molecule has 0 heterocycles. The van der Waals surface area contributed by atoms with Gasteiger partial charge < -0.3 is 9.47 Å². The van der Waals surface area contributed by atoms with E-state index in [1.165, 1.54) is 0 Å². The van der Waals surface area contributed by atoms with Crippen LogP contribution in [0.3, 0.4) is 0 Å². The van der Waals surface area contributed by atoms with Gasteiger partial charge in [-0.2, -0.15) is 5.10 Å². The maximum absolute atomic E-state index is 11.9. The molecule has 0 aliphatic rings. The molecular formula is C18H20N2O3. The van der Waals surface area contributed by atoms with Gasteiger partial charge >= 0.3 is 0 Å². The zero-order valence-corrected chi connectivity index (χ0v) is 13.3. The summed E-state index contributed by atoms with van der Waals surface area (Å²) in [5, 5.41) is 3.96. The molecule has 0 unspecified atom stereocenters. The van der Waals surface area contributed by atoms with Crippen LogP contribution in [0, 0.1) is 0 Å². The predicted octanol–water partition coefficient (Wildman–Crippen LogP) is 3.25. The van der Waals surface area contributed by atoms with Crippen LogP contribution < -0.4 is 14.9 Å². The van der Waals surface area contributed by atoms with E-state index in [4.69, 9.17) is 9.47 Å². The van der Waals surface area contributed by atoms with Crippen molar-refractivity contribution in [2.75, 3.05) is 13.7 Å². The number of amides is 1. The summed E-state index contributed by atoms with van der Waals surface area (Å²) < 4.78 is 10.9. The highest BCUT2D eigenvalue weighted by atomic mass is 16.5. The van der Waals surface area contributed by atoms with Crippen LogP contribution >= 0.6 is 0 Å². The van der Waals surface area contributed by atoms with Gasteiger partial charge in [0.25, 0.3) is 5.91 Å². The molecule has 23 heavy (non-hydrogen) atoms. The summed E-state index contributed by atoms with van der Waals surface area (Å²) in [6.45, 7) is 2.68. The van der Waals surface area contributed by atoms with Crippen LogP contribution in [-0.2, 0) is 0 Å². The Bertz CT molecular complexity index is 669. The van der Waals surface area contributed by atoms with E-state index >= 15 is 0 Å². The zero-order chi connectivity index (χ0) is 16.5. The Hall–Kier alpha value is -2.82. The maximum atomic E-state index is 11.9. The summed E-state index contributed by atoms with van der Waals surface area (Å²) in [5.41, 5.74) is 3.86. The van der Waals surface area contributed by atoms with E-state index in [0.29, 0.717) is 23.7 Å². The average Bonchev–Trinajstić information content (AvgIpc) is 2.61. The molecule has 0 saturated carbocycles. The molecule has 0 aromatic heterocycles. The summed E-state index contributed by atoms with van der Waals surface area (Å²) in [7, 11) is 1.59.